The summed E-state index contributed by atoms with van der Waals surface area (Å²) in [6.07, 6.45) is 0. The molecule has 1 N–H and O–H groups in total. The van der Waals surface area contributed by atoms with Crippen LogP contribution in [-0.2, 0) is 6.54 Å². The third-order valence-electron chi connectivity index (χ3n) is 3.19. The molecular formula is C17H21NO2. The molecule has 0 fully saturated rings. The summed E-state index contributed by atoms with van der Waals surface area (Å²) in [6, 6.07) is 14.4. The van der Waals surface area contributed by atoms with E-state index in [-0.39, 0.29) is 0 Å². The van der Waals surface area contributed by atoms with Crippen LogP contribution in [0.3, 0.4) is 0 Å². The van der Waals surface area contributed by atoms with Crippen molar-refractivity contribution in [1.82, 2.24) is 5.32 Å². The SMILES string of the molecule is CCNCc1cccc(-c2cc(OC)cc(OC)c2)c1. The van der Waals surface area contributed by atoms with E-state index in [0.717, 1.165) is 35.7 Å². The van der Waals surface area contributed by atoms with Crippen molar-refractivity contribution in [2.24, 2.45) is 0 Å². The molecule has 106 valence electrons. The van der Waals surface area contributed by atoms with E-state index in [4.69, 9.17) is 9.47 Å². The Bertz CT molecular complexity index is 544. The van der Waals surface area contributed by atoms with E-state index in [1.807, 2.05) is 18.2 Å². The number of hydrogen-bond donors (Lipinski definition) is 1. The van der Waals surface area contributed by atoms with Crippen LogP contribution in [0.4, 0.5) is 0 Å². The molecule has 20 heavy (non-hydrogen) atoms. The maximum Gasteiger partial charge on any atom is 0.123 e. The molecule has 0 aliphatic heterocycles. The fourth-order valence-electron chi connectivity index (χ4n) is 2.10. The first-order valence-electron chi connectivity index (χ1n) is 6.80. The molecule has 0 aliphatic rings. The second-order valence-corrected chi connectivity index (χ2v) is 4.58. The van der Waals surface area contributed by atoms with Crippen molar-refractivity contribution in [2.45, 2.75) is 13.5 Å². The highest BCUT2D eigenvalue weighted by atomic mass is 16.5. The van der Waals surface area contributed by atoms with Gasteiger partial charge in [0.2, 0.25) is 0 Å². The van der Waals surface area contributed by atoms with Gasteiger partial charge in [0.05, 0.1) is 14.2 Å². The molecule has 0 radical (unpaired) electrons. The molecule has 0 spiro atoms. The lowest BCUT2D eigenvalue weighted by molar-refractivity contribution is 0.394. The van der Waals surface area contributed by atoms with Crippen molar-refractivity contribution in [3.63, 3.8) is 0 Å². The van der Waals surface area contributed by atoms with Gasteiger partial charge in [-0.1, -0.05) is 25.1 Å². The number of methoxy groups -OCH3 is 2. The number of hydrogen-bond acceptors (Lipinski definition) is 3. The molecule has 2 aromatic carbocycles. The average molecular weight is 271 g/mol. The van der Waals surface area contributed by atoms with Crippen molar-refractivity contribution in [2.75, 3.05) is 20.8 Å². The van der Waals surface area contributed by atoms with Gasteiger partial charge >= 0.3 is 0 Å². The molecule has 0 amide bonds. The lowest BCUT2D eigenvalue weighted by atomic mass is 10.0. The van der Waals surface area contributed by atoms with Gasteiger partial charge in [-0.25, -0.2) is 0 Å². The Morgan fingerprint density at radius 3 is 2.20 bits per heavy atom. The van der Waals surface area contributed by atoms with E-state index in [9.17, 15) is 0 Å². The molecule has 0 saturated heterocycles. The molecule has 0 aromatic heterocycles. The normalized spacial score (nSPS) is 10.3. The standard InChI is InChI=1S/C17H21NO2/c1-4-18-12-13-6-5-7-14(8-13)15-9-16(19-2)11-17(10-15)20-3/h5-11,18H,4,12H2,1-3H3. The lowest BCUT2D eigenvalue weighted by Gasteiger charge is -2.10. The average Bonchev–Trinajstić information content (AvgIpc) is 2.52. The minimum atomic E-state index is 0.802. The molecule has 0 bridgehead atoms. The first-order chi connectivity index (χ1) is 9.76. The number of benzene rings is 2. The van der Waals surface area contributed by atoms with Crippen molar-refractivity contribution in [3.8, 4) is 22.6 Å². The van der Waals surface area contributed by atoms with Crippen LogP contribution in [0.1, 0.15) is 12.5 Å². The summed E-state index contributed by atoms with van der Waals surface area (Å²) >= 11 is 0. The fourth-order valence-corrected chi connectivity index (χ4v) is 2.10. The predicted molar refractivity (Wildman–Crippen MR) is 82.4 cm³/mol. The molecule has 3 heteroatoms. The Hall–Kier alpha value is -2.00. The van der Waals surface area contributed by atoms with Crippen molar-refractivity contribution in [1.29, 1.82) is 0 Å². The summed E-state index contributed by atoms with van der Waals surface area (Å²) in [5.74, 6) is 1.60. The zero-order valence-electron chi connectivity index (χ0n) is 12.3. The maximum atomic E-state index is 5.32. The number of nitrogens with one attached hydrogen (secondary N) is 1. The summed E-state index contributed by atoms with van der Waals surface area (Å²) < 4.78 is 10.6. The monoisotopic (exact) mass is 271 g/mol. The van der Waals surface area contributed by atoms with E-state index in [1.165, 1.54) is 5.56 Å². The Morgan fingerprint density at radius 1 is 0.900 bits per heavy atom. The zero-order chi connectivity index (χ0) is 14.4. The van der Waals surface area contributed by atoms with Crippen LogP contribution in [0.5, 0.6) is 11.5 Å². The highest BCUT2D eigenvalue weighted by Gasteiger charge is 2.05. The molecule has 2 rings (SSSR count). The Morgan fingerprint density at radius 2 is 1.60 bits per heavy atom. The quantitative estimate of drug-likeness (QED) is 0.872. The summed E-state index contributed by atoms with van der Waals surface area (Å²) in [7, 11) is 3.33. The Kier molecular flexibility index (Phi) is 5.02. The van der Waals surface area contributed by atoms with Crippen LogP contribution in [-0.4, -0.2) is 20.8 Å². The van der Waals surface area contributed by atoms with Gasteiger partial charge in [-0.2, -0.15) is 0 Å². The smallest absolute Gasteiger partial charge is 0.123 e. The highest BCUT2D eigenvalue weighted by Crippen LogP contribution is 2.30. The van der Waals surface area contributed by atoms with E-state index in [0.29, 0.717) is 0 Å². The predicted octanol–water partition coefficient (Wildman–Crippen LogP) is 3.48. The van der Waals surface area contributed by atoms with Crippen LogP contribution >= 0.6 is 0 Å². The van der Waals surface area contributed by atoms with Crippen LogP contribution in [0.25, 0.3) is 11.1 Å². The van der Waals surface area contributed by atoms with Gasteiger partial charge in [0.15, 0.2) is 0 Å². The minimum absolute atomic E-state index is 0.802. The van der Waals surface area contributed by atoms with E-state index >= 15 is 0 Å². The summed E-state index contributed by atoms with van der Waals surface area (Å²) in [6.45, 7) is 3.96. The second kappa shape index (κ2) is 6.96. The molecule has 0 unspecified atom stereocenters. The molecule has 0 atom stereocenters. The molecule has 0 aliphatic carbocycles. The topological polar surface area (TPSA) is 30.5 Å². The molecule has 0 heterocycles. The third-order valence-corrected chi connectivity index (χ3v) is 3.19. The van der Waals surface area contributed by atoms with Gasteiger partial charge < -0.3 is 14.8 Å². The number of ether oxygens (including phenoxy) is 2. The lowest BCUT2D eigenvalue weighted by Crippen LogP contribution is -2.11. The van der Waals surface area contributed by atoms with E-state index in [1.54, 1.807) is 14.2 Å². The maximum absolute atomic E-state index is 5.32. The Balaban J connectivity index is 2.34. The molecule has 0 saturated carbocycles. The molecule has 2 aromatic rings. The van der Waals surface area contributed by atoms with E-state index < -0.39 is 0 Å². The van der Waals surface area contributed by atoms with Crippen LogP contribution < -0.4 is 14.8 Å². The van der Waals surface area contributed by atoms with E-state index in [2.05, 4.69) is 36.5 Å². The van der Waals surface area contributed by atoms with Crippen molar-refractivity contribution < 1.29 is 9.47 Å². The third kappa shape index (κ3) is 3.52. The van der Waals surface area contributed by atoms with Crippen LogP contribution in [0, 0.1) is 0 Å². The second-order valence-electron chi connectivity index (χ2n) is 4.58. The fraction of sp³-hybridized carbons (Fsp3) is 0.294. The minimum Gasteiger partial charge on any atom is -0.497 e. The summed E-state index contributed by atoms with van der Waals surface area (Å²) in [4.78, 5) is 0. The largest absolute Gasteiger partial charge is 0.497 e. The van der Waals surface area contributed by atoms with Gasteiger partial charge in [0.25, 0.3) is 0 Å². The van der Waals surface area contributed by atoms with Crippen LogP contribution in [0.2, 0.25) is 0 Å². The van der Waals surface area contributed by atoms with Crippen LogP contribution in [0.15, 0.2) is 42.5 Å². The Labute approximate surface area is 120 Å². The van der Waals surface area contributed by atoms with Gasteiger partial charge in [0.1, 0.15) is 11.5 Å². The highest BCUT2D eigenvalue weighted by molar-refractivity contribution is 5.68. The molecular weight excluding hydrogens is 250 g/mol. The number of rotatable bonds is 6. The summed E-state index contributed by atoms with van der Waals surface area (Å²) in [5, 5.41) is 3.34. The first-order valence-corrected chi connectivity index (χ1v) is 6.80. The van der Waals surface area contributed by atoms with Gasteiger partial charge in [-0.15, -0.1) is 0 Å². The summed E-state index contributed by atoms with van der Waals surface area (Å²) in [5.41, 5.74) is 3.53. The zero-order valence-corrected chi connectivity index (χ0v) is 12.3. The van der Waals surface area contributed by atoms with Crippen molar-refractivity contribution >= 4 is 0 Å². The first kappa shape index (κ1) is 14.4. The molecule has 3 nitrogen and oxygen atoms in total. The van der Waals surface area contributed by atoms with Crippen molar-refractivity contribution in [3.05, 3.63) is 48.0 Å². The van der Waals surface area contributed by atoms with Gasteiger partial charge in [-0.05, 0) is 41.4 Å². The van der Waals surface area contributed by atoms with Gasteiger partial charge in [0, 0.05) is 12.6 Å². The van der Waals surface area contributed by atoms with Gasteiger partial charge in [-0.3, -0.25) is 0 Å².